The summed E-state index contributed by atoms with van der Waals surface area (Å²) < 4.78 is 0. The number of hydrogen-bond acceptors (Lipinski definition) is 2. The Bertz CT molecular complexity index is 455. The molecule has 16 heavy (non-hydrogen) atoms. The Labute approximate surface area is 95.3 Å². The summed E-state index contributed by atoms with van der Waals surface area (Å²) in [4.78, 5) is 13.0. The summed E-state index contributed by atoms with van der Waals surface area (Å²) in [6, 6.07) is 0. The third-order valence-corrected chi connectivity index (χ3v) is 2.42. The van der Waals surface area contributed by atoms with E-state index in [9.17, 15) is 4.79 Å². The van der Waals surface area contributed by atoms with Gasteiger partial charge in [0.2, 0.25) is 0 Å². The first-order valence-corrected chi connectivity index (χ1v) is 5.15. The highest BCUT2D eigenvalue weighted by Gasteiger charge is 2.00. The monoisotopic (exact) mass is 211 g/mol. The van der Waals surface area contributed by atoms with Gasteiger partial charge in [0.15, 0.2) is 5.78 Å². The Balaban J connectivity index is 2.14. The van der Waals surface area contributed by atoms with Gasteiger partial charge in [-0.2, -0.15) is 0 Å². The van der Waals surface area contributed by atoms with Gasteiger partial charge in [0.05, 0.1) is 0 Å². The summed E-state index contributed by atoms with van der Waals surface area (Å²) >= 11 is 0. The van der Waals surface area contributed by atoms with E-state index in [-0.39, 0.29) is 5.78 Å². The van der Waals surface area contributed by atoms with Gasteiger partial charge in [-0.3, -0.25) is 4.79 Å². The topological polar surface area (TPSA) is 20.3 Å². The van der Waals surface area contributed by atoms with Crippen LogP contribution in [0.15, 0.2) is 72.2 Å². The molecule has 80 valence electrons. The molecule has 0 unspecified atom stereocenters. The van der Waals surface area contributed by atoms with E-state index in [1.54, 1.807) is 12.2 Å². The molecule has 0 saturated carbocycles. The number of nitrogens with zero attached hydrogens (tertiary/aromatic N) is 1. The smallest absolute Gasteiger partial charge is 0.178 e. The van der Waals surface area contributed by atoms with Crippen LogP contribution >= 0.6 is 0 Å². The molecule has 0 N–H and O–H groups in total. The lowest BCUT2D eigenvalue weighted by atomic mass is 10.1. The first-order chi connectivity index (χ1) is 7.75. The van der Waals surface area contributed by atoms with E-state index in [1.165, 1.54) is 0 Å². The van der Waals surface area contributed by atoms with Crippen molar-refractivity contribution in [1.82, 2.24) is 4.90 Å². The maximum Gasteiger partial charge on any atom is 0.178 e. The summed E-state index contributed by atoms with van der Waals surface area (Å²) in [6.45, 7) is 0. The highest BCUT2D eigenvalue weighted by Crippen LogP contribution is 2.12. The lowest BCUT2D eigenvalue weighted by molar-refractivity contribution is -0.110. The molecule has 0 spiro atoms. The lowest BCUT2D eigenvalue weighted by Crippen LogP contribution is -2.09. The van der Waals surface area contributed by atoms with E-state index < -0.39 is 0 Å². The second-order valence-electron chi connectivity index (χ2n) is 3.64. The molecule has 0 fully saturated rings. The molecule has 2 heteroatoms. The molecule has 0 radical (unpaired) electrons. The molecule has 0 aromatic rings. The number of carbonyl (C=O) groups is 1. The minimum Gasteiger partial charge on any atom is -0.351 e. The third-order valence-electron chi connectivity index (χ3n) is 2.42. The maximum absolute atomic E-state index is 10.9. The molecule has 0 bridgehead atoms. The summed E-state index contributed by atoms with van der Waals surface area (Å²) in [5.74, 6) is 0.0439. The second-order valence-corrected chi connectivity index (χ2v) is 3.64. The van der Waals surface area contributed by atoms with Crippen molar-refractivity contribution >= 4 is 5.78 Å². The van der Waals surface area contributed by atoms with E-state index >= 15 is 0 Å². The van der Waals surface area contributed by atoms with Crippen LogP contribution < -0.4 is 0 Å². The fourth-order valence-electron chi connectivity index (χ4n) is 1.47. The van der Waals surface area contributed by atoms with Crippen LogP contribution in [-0.2, 0) is 4.79 Å². The molecule has 1 aliphatic heterocycles. The van der Waals surface area contributed by atoms with Crippen molar-refractivity contribution in [3.8, 4) is 0 Å². The van der Waals surface area contributed by atoms with Crippen LogP contribution in [0.2, 0.25) is 0 Å². The van der Waals surface area contributed by atoms with Gasteiger partial charge in [0, 0.05) is 18.9 Å². The molecule has 0 aromatic carbocycles. The predicted molar refractivity (Wildman–Crippen MR) is 65.5 cm³/mol. The van der Waals surface area contributed by atoms with Crippen molar-refractivity contribution in [3.63, 3.8) is 0 Å². The third kappa shape index (κ3) is 2.48. The van der Waals surface area contributed by atoms with Crippen LogP contribution in [0, 0.1) is 0 Å². The van der Waals surface area contributed by atoms with Crippen LogP contribution in [-0.4, -0.2) is 17.7 Å². The summed E-state index contributed by atoms with van der Waals surface area (Å²) in [6.07, 6.45) is 18.8. The van der Waals surface area contributed by atoms with Crippen molar-refractivity contribution in [2.24, 2.45) is 0 Å². The predicted octanol–water partition coefficient (Wildman–Crippen LogP) is 2.51. The van der Waals surface area contributed by atoms with E-state index in [4.69, 9.17) is 0 Å². The fourth-order valence-corrected chi connectivity index (χ4v) is 1.47. The highest BCUT2D eigenvalue weighted by molar-refractivity contribution is 6.01. The molecule has 0 amide bonds. The lowest BCUT2D eigenvalue weighted by Gasteiger charge is -2.17. The maximum atomic E-state index is 10.9. The van der Waals surface area contributed by atoms with Crippen molar-refractivity contribution in [2.75, 3.05) is 7.05 Å². The van der Waals surface area contributed by atoms with Gasteiger partial charge in [-0.25, -0.2) is 0 Å². The van der Waals surface area contributed by atoms with Gasteiger partial charge in [-0.15, -0.1) is 0 Å². The van der Waals surface area contributed by atoms with Gasteiger partial charge in [-0.1, -0.05) is 24.3 Å². The second kappa shape index (κ2) is 4.62. The van der Waals surface area contributed by atoms with Crippen LogP contribution in [0.25, 0.3) is 0 Å². The van der Waals surface area contributed by atoms with Crippen LogP contribution in [0.3, 0.4) is 0 Å². The van der Waals surface area contributed by atoms with Crippen molar-refractivity contribution < 1.29 is 4.79 Å². The molecule has 0 atom stereocenters. The fraction of sp³-hybridized carbons (Fsp3) is 0.0714. The zero-order chi connectivity index (χ0) is 11.4. The Morgan fingerprint density at radius 3 is 2.44 bits per heavy atom. The van der Waals surface area contributed by atoms with Gasteiger partial charge in [0.25, 0.3) is 0 Å². The van der Waals surface area contributed by atoms with Crippen molar-refractivity contribution in [2.45, 2.75) is 0 Å². The first kappa shape index (κ1) is 10.4. The Hall–Kier alpha value is -2.09. The Kier molecular flexibility index (Phi) is 3.01. The van der Waals surface area contributed by atoms with Gasteiger partial charge < -0.3 is 4.90 Å². The number of carbonyl (C=O) groups excluding carboxylic acids is 1. The molecule has 0 aromatic heterocycles. The number of likely N-dealkylation sites (N-methyl/N-ethyl adjacent to an activating group) is 1. The zero-order valence-corrected chi connectivity index (χ0v) is 9.13. The standard InChI is InChI=1S/C14H13NO/c1-15-11-3-2-4-13(15)8-5-12-6-9-14(16)10-7-12/h2-11H,1H3/b13-8+. The van der Waals surface area contributed by atoms with Crippen LogP contribution in [0.5, 0.6) is 0 Å². The van der Waals surface area contributed by atoms with Crippen LogP contribution in [0.4, 0.5) is 0 Å². The molecule has 2 rings (SSSR count). The average Bonchev–Trinajstić information content (AvgIpc) is 2.30. The summed E-state index contributed by atoms with van der Waals surface area (Å²) in [5.41, 5.74) is 2.15. The molecular formula is C14H13NO. The van der Waals surface area contributed by atoms with Gasteiger partial charge in [0.1, 0.15) is 0 Å². The van der Waals surface area contributed by atoms with E-state index in [1.807, 2.05) is 60.7 Å². The summed E-state index contributed by atoms with van der Waals surface area (Å²) in [5, 5.41) is 0. The SMILES string of the molecule is CN1C=CC=C/C1=C\C=C1C=CC(=O)C=C1. The van der Waals surface area contributed by atoms with Crippen LogP contribution in [0.1, 0.15) is 0 Å². The molecule has 0 saturated heterocycles. The van der Waals surface area contributed by atoms with Gasteiger partial charge >= 0.3 is 0 Å². The average molecular weight is 211 g/mol. The molecular weight excluding hydrogens is 198 g/mol. The Morgan fingerprint density at radius 2 is 1.75 bits per heavy atom. The highest BCUT2D eigenvalue weighted by atomic mass is 16.1. The molecule has 2 nitrogen and oxygen atoms in total. The number of allylic oxidation sites excluding steroid dienone is 10. The minimum atomic E-state index is 0.0439. The molecule has 1 heterocycles. The van der Waals surface area contributed by atoms with E-state index in [2.05, 4.69) is 0 Å². The molecule has 2 aliphatic rings. The minimum absolute atomic E-state index is 0.0439. The van der Waals surface area contributed by atoms with Crippen molar-refractivity contribution in [3.05, 3.63) is 72.2 Å². The largest absolute Gasteiger partial charge is 0.351 e. The number of rotatable bonds is 1. The zero-order valence-electron chi connectivity index (χ0n) is 9.13. The quantitative estimate of drug-likeness (QED) is 0.664. The van der Waals surface area contributed by atoms with Crippen molar-refractivity contribution in [1.29, 1.82) is 0 Å². The molecule has 1 aliphatic carbocycles. The summed E-state index contributed by atoms with van der Waals surface area (Å²) in [7, 11) is 2.00. The van der Waals surface area contributed by atoms with E-state index in [0.29, 0.717) is 0 Å². The normalized spacial score (nSPS) is 21.1. The van der Waals surface area contributed by atoms with Gasteiger partial charge in [-0.05, 0) is 36.0 Å². The van der Waals surface area contributed by atoms with E-state index in [0.717, 1.165) is 11.3 Å². The first-order valence-electron chi connectivity index (χ1n) is 5.15. The Morgan fingerprint density at radius 1 is 1.00 bits per heavy atom. The number of ketones is 1. The number of hydrogen-bond donors (Lipinski definition) is 0.